The molecule has 0 aliphatic carbocycles. The number of aromatic nitrogens is 5. The zero-order valence-electron chi connectivity index (χ0n) is 17.1. The summed E-state index contributed by atoms with van der Waals surface area (Å²) in [5, 5.41) is 12.8. The van der Waals surface area contributed by atoms with Crippen molar-refractivity contribution in [1.29, 1.82) is 0 Å². The highest BCUT2D eigenvalue weighted by Gasteiger charge is 2.30. The molecule has 1 saturated heterocycles. The van der Waals surface area contributed by atoms with Gasteiger partial charge in [-0.2, -0.15) is 4.98 Å². The molecule has 2 aliphatic rings. The lowest BCUT2D eigenvalue weighted by atomic mass is 9.96. The summed E-state index contributed by atoms with van der Waals surface area (Å²) in [6, 6.07) is 0. The molecule has 0 saturated carbocycles. The highest BCUT2D eigenvalue weighted by molar-refractivity contribution is 5.76. The van der Waals surface area contributed by atoms with Crippen molar-refractivity contribution < 1.29 is 9.32 Å². The van der Waals surface area contributed by atoms with Gasteiger partial charge in [0.05, 0.1) is 0 Å². The summed E-state index contributed by atoms with van der Waals surface area (Å²) in [6.45, 7) is 8.79. The summed E-state index contributed by atoms with van der Waals surface area (Å²) in [6.07, 6.45) is 6.17. The van der Waals surface area contributed by atoms with E-state index in [2.05, 4.69) is 45.7 Å². The summed E-state index contributed by atoms with van der Waals surface area (Å²) in [4.78, 5) is 19.2. The molecule has 1 amide bonds. The molecule has 2 aliphatic heterocycles. The molecule has 152 valence electrons. The van der Waals surface area contributed by atoms with Crippen LogP contribution in [0.25, 0.3) is 0 Å². The van der Waals surface area contributed by atoms with Gasteiger partial charge in [0.2, 0.25) is 11.8 Å². The SMILES string of the molecule is CC(C)(C)c1noc(CCCC(=O)N2CCC[C@@H](c3nnc4n3CCC4)C2)n1. The fourth-order valence-electron chi connectivity index (χ4n) is 4.10. The molecule has 2 aromatic rings. The number of amides is 1. The molecule has 28 heavy (non-hydrogen) atoms. The summed E-state index contributed by atoms with van der Waals surface area (Å²) >= 11 is 0. The predicted octanol–water partition coefficient (Wildman–Crippen LogP) is 2.63. The Labute approximate surface area is 165 Å². The quantitative estimate of drug-likeness (QED) is 0.785. The molecule has 0 bridgehead atoms. The molecule has 0 radical (unpaired) electrons. The van der Waals surface area contributed by atoms with Crippen LogP contribution >= 0.6 is 0 Å². The fourth-order valence-corrected chi connectivity index (χ4v) is 4.10. The third-order valence-electron chi connectivity index (χ3n) is 5.70. The lowest BCUT2D eigenvalue weighted by molar-refractivity contribution is -0.132. The maximum Gasteiger partial charge on any atom is 0.226 e. The third-order valence-corrected chi connectivity index (χ3v) is 5.70. The number of hydrogen-bond donors (Lipinski definition) is 0. The molecule has 4 heterocycles. The molecule has 1 fully saturated rings. The number of nitrogens with zero attached hydrogens (tertiary/aromatic N) is 6. The Kier molecular flexibility index (Phi) is 5.21. The standard InChI is InChI=1S/C20H30N6O2/c1-20(2,3)19-21-16(28-24-19)9-4-10-17(27)25-11-5-7-14(13-25)18-23-22-15-8-6-12-26(15)18/h14H,4-13H2,1-3H3/t14-/m1/s1. The van der Waals surface area contributed by atoms with Crippen molar-refractivity contribution in [3.05, 3.63) is 23.4 Å². The topological polar surface area (TPSA) is 89.9 Å². The van der Waals surface area contributed by atoms with Crippen LogP contribution in [-0.4, -0.2) is 48.8 Å². The zero-order chi connectivity index (χ0) is 19.7. The maximum absolute atomic E-state index is 12.7. The highest BCUT2D eigenvalue weighted by atomic mass is 16.5. The van der Waals surface area contributed by atoms with E-state index >= 15 is 0 Å². The average molecular weight is 387 g/mol. The Bertz CT molecular complexity index is 834. The van der Waals surface area contributed by atoms with E-state index in [4.69, 9.17) is 4.52 Å². The van der Waals surface area contributed by atoms with Gasteiger partial charge in [-0.25, -0.2) is 0 Å². The molecule has 4 rings (SSSR count). The molecule has 8 nitrogen and oxygen atoms in total. The van der Waals surface area contributed by atoms with Gasteiger partial charge in [0.25, 0.3) is 0 Å². The van der Waals surface area contributed by atoms with Gasteiger partial charge in [0.15, 0.2) is 5.82 Å². The van der Waals surface area contributed by atoms with Crippen LogP contribution < -0.4 is 0 Å². The van der Waals surface area contributed by atoms with Gasteiger partial charge in [-0.1, -0.05) is 25.9 Å². The van der Waals surface area contributed by atoms with Gasteiger partial charge in [-0.3, -0.25) is 4.79 Å². The summed E-state index contributed by atoms with van der Waals surface area (Å²) in [7, 11) is 0. The number of fused-ring (bicyclic) bond motifs is 1. The average Bonchev–Trinajstić information content (AvgIpc) is 3.38. The second-order valence-electron chi connectivity index (χ2n) is 9.02. The van der Waals surface area contributed by atoms with Crippen LogP contribution in [-0.2, 0) is 29.6 Å². The molecule has 8 heteroatoms. The van der Waals surface area contributed by atoms with Crippen LogP contribution in [0.3, 0.4) is 0 Å². The minimum atomic E-state index is -0.123. The van der Waals surface area contributed by atoms with E-state index in [9.17, 15) is 4.79 Å². The van der Waals surface area contributed by atoms with Crippen LogP contribution in [0, 0.1) is 0 Å². The van der Waals surface area contributed by atoms with E-state index in [-0.39, 0.29) is 11.3 Å². The van der Waals surface area contributed by atoms with Gasteiger partial charge in [0, 0.05) is 50.2 Å². The highest BCUT2D eigenvalue weighted by Crippen LogP contribution is 2.29. The Morgan fingerprint density at radius 3 is 2.86 bits per heavy atom. The van der Waals surface area contributed by atoms with Gasteiger partial charge in [-0.05, 0) is 25.7 Å². The first-order valence-corrected chi connectivity index (χ1v) is 10.4. The number of rotatable bonds is 5. The fraction of sp³-hybridized carbons (Fsp3) is 0.750. The van der Waals surface area contributed by atoms with E-state index in [1.807, 2.05) is 4.90 Å². The first-order chi connectivity index (χ1) is 13.4. The number of aryl methyl sites for hydroxylation is 2. The van der Waals surface area contributed by atoms with Crippen LogP contribution in [0.2, 0.25) is 0 Å². The molecule has 2 aromatic heterocycles. The molecular formula is C20H30N6O2. The third kappa shape index (κ3) is 3.95. The summed E-state index contributed by atoms with van der Waals surface area (Å²) in [5.41, 5.74) is -0.123. The Hall–Kier alpha value is -2.25. The maximum atomic E-state index is 12.7. The van der Waals surface area contributed by atoms with Gasteiger partial charge in [-0.15, -0.1) is 10.2 Å². The van der Waals surface area contributed by atoms with Crippen LogP contribution in [0.1, 0.15) is 82.2 Å². The van der Waals surface area contributed by atoms with Crippen molar-refractivity contribution in [2.45, 2.75) is 83.6 Å². The number of carbonyl (C=O) groups is 1. The van der Waals surface area contributed by atoms with Crippen molar-refractivity contribution in [1.82, 2.24) is 29.8 Å². The van der Waals surface area contributed by atoms with E-state index in [0.29, 0.717) is 30.5 Å². The predicted molar refractivity (Wildman–Crippen MR) is 103 cm³/mol. The van der Waals surface area contributed by atoms with Crippen molar-refractivity contribution in [2.75, 3.05) is 13.1 Å². The van der Waals surface area contributed by atoms with Crippen molar-refractivity contribution in [2.24, 2.45) is 0 Å². The lowest BCUT2D eigenvalue weighted by Gasteiger charge is -2.32. The Morgan fingerprint density at radius 2 is 2.07 bits per heavy atom. The first kappa shape index (κ1) is 19.1. The van der Waals surface area contributed by atoms with Gasteiger partial charge >= 0.3 is 0 Å². The monoisotopic (exact) mass is 386 g/mol. The molecule has 1 atom stereocenters. The number of carbonyl (C=O) groups excluding carboxylic acids is 1. The van der Waals surface area contributed by atoms with Crippen LogP contribution in [0.4, 0.5) is 0 Å². The van der Waals surface area contributed by atoms with Crippen molar-refractivity contribution in [3.8, 4) is 0 Å². The molecule has 0 spiro atoms. The second kappa shape index (κ2) is 7.64. The normalized spacial score (nSPS) is 19.8. The number of hydrogen-bond acceptors (Lipinski definition) is 6. The summed E-state index contributed by atoms with van der Waals surface area (Å²) < 4.78 is 7.59. The van der Waals surface area contributed by atoms with Gasteiger partial charge < -0.3 is 14.0 Å². The second-order valence-corrected chi connectivity index (χ2v) is 9.02. The van der Waals surface area contributed by atoms with E-state index < -0.39 is 0 Å². The van der Waals surface area contributed by atoms with Crippen LogP contribution in [0.5, 0.6) is 0 Å². The van der Waals surface area contributed by atoms with E-state index in [0.717, 1.165) is 63.4 Å². The number of piperidine rings is 1. The van der Waals surface area contributed by atoms with E-state index in [1.165, 1.54) is 0 Å². The molecule has 0 unspecified atom stereocenters. The first-order valence-electron chi connectivity index (χ1n) is 10.4. The Morgan fingerprint density at radius 1 is 1.21 bits per heavy atom. The van der Waals surface area contributed by atoms with Gasteiger partial charge in [0.1, 0.15) is 11.6 Å². The molecular weight excluding hydrogens is 356 g/mol. The van der Waals surface area contributed by atoms with Crippen LogP contribution in [0.15, 0.2) is 4.52 Å². The summed E-state index contributed by atoms with van der Waals surface area (Å²) in [5.74, 6) is 4.03. The zero-order valence-corrected chi connectivity index (χ0v) is 17.1. The number of likely N-dealkylation sites (tertiary alicyclic amines) is 1. The molecule has 0 N–H and O–H groups in total. The van der Waals surface area contributed by atoms with Crippen molar-refractivity contribution in [3.63, 3.8) is 0 Å². The Balaban J connectivity index is 1.29. The molecule has 0 aromatic carbocycles. The minimum Gasteiger partial charge on any atom is -0.342 e. The largest absolute Gasteiger partial charge is 0.342 e. The van der Waals surface area contributed by atoms with Crippen molar-refractivity contribution >= 4 is 5.91 Å². The minimum absolute atomic E-state index is 0.123. The van der Waals surface area contributed by atoms with E-state index in [1.54, 1.807) is 0 Å². The smallest absolute Gasteiger partial charge is 0.226 e. The lowest BCUT2D eigenvalue weighted by Crippen LogP contribution is -2.39.